The van der Waals surface area contributed by atoms with Gasteiger partial charge in [0.2, 0.25) is 0 Å². The number of benzene rings is 2. The van der Waals surface area contributed by atoms with Crippen molar-refractivity contribution in [2.24, 2.45) is 0 Å². The van der Waals surface area contributed by atoms with Crippen molar-refractivity contribution in [1.82, 2.24) is 4.98 Å². The molecule has 0 saturated carbocycles. The lowest BCUT2D eigenvalue weighted by Gasteiger charge is -2.19. The van der Waals surface area contributed by atoms with Gasteiger partial charge in [0.15, 0.2) is 0 Å². The first-order valence-electron chi connectivity index (χ1n) is 8.39. The van der Waals surface area contributed by atoms with Crippen LogP contribution in [0.2, 0.25) is 0 Å². The van der Waals surface area contributed by atoms with Crippen LogP contribution in [0.5, 0.6) is 0 Å². The van der Waals surface area contributed by atoms with E-state index in [-0.39, 0.29) is 4.47 Å². The largest absolute Gasteiger partial charge is 0.399 e. The predicted molar refractivity (Wildman–Crippen MR) is 111 cm³/mol. The number of nitrogens with zero attached hydrogens (tertiary/aromatic N) is 1. The van der Waals surface area contributed by atoms with E-state index in [4.69, 9.17) is 9.79 Å². The van der Waals surface area contributed by atoms with Crippen molar-refractivity contribution < 1.29 is 23.1 Å². The molecule has 2 aromatic carbocycles. The fraction of sp³-hybridized carbons (Fsp3) is 0.211. The maximum Gasteiger partial charge on any atom is 0.399 e. The van der Waals surface area contributed by atoms with E-state index in [0.29, 0.717) is 6.42 Å². The number of rotatable bonds is 7. The van der Waals surface area contributed by atoms with E-state index in [9.17, 15) is 13.3 Å². The molecule has 28 heavy (non-hydrogen) atoms. The average molecular weight is 488 g/mol. The molecule has 1 aromatic heterocycles. The lowest BCUT2D eigenvalue weighted by molar-refractivity contribution is 0.0557. The van der Waals surface area contributed by atoms with Crippen molar-refractivity contribution in [1.29, 1.82) is 0 Å². The molecule has 0 spiro atoms. The lowest BCUT2D eigenvalue weighted by Crippen LogP contribution is -2.14. The molecule has 0 unspecified atom stereocenters. The Kier molecular flexibility index (Phi) is 6.57. The molecule has 0 aliphatic heterocycles. The van der Waals surface area contributed by atoms with Crippen molar-refractivity contribution >= 4 is 46.2 Å². The molecule has 3 rings (SSSR count). The number of para-hydroxylation sites is 1. The predicted octanol–water partition coefficient (Wildman–Crippen LogP) is 5.95. The Balaban J connectivity index is 1.59. The topological polar surface area (TPSA) is 70.4 Å². The van der Waals surface area contributed by atoms with Crippen LogP contribution in [0.4, 0.5) is 8.78 Å². The van der Waals surface area contributed by atoms with Gasteiger partial charge in [0.25, 0.3) is 0 Å². The first kappa shape index (κ1) is 21.4. The van der Waals surface area contributed by atoms with Crippen LogP contribution in [-0.4, -0.2) is 20.5 Å². The Morgan fingerprint density at radius 1 is 1.11 bits per heavy atom. The van der Waals surface area contributed by atoms with Gasteiger partial charge in [-0.05, 0) is 42.4 Å². The second-order valence-electron chi connectivity index (χ2n) is 6.19. The van der Waals surface area contributed by atoms with Crippen LogP contribution in [0.3, 0.4) is 0 Å². The Morgan fingerprint density at radius 3 is 2.57 bits per heavy atom. The van der Waals surface area contributed by atoms with E-state index in [0.717, 1.165) is 39.7 Å². The summed E-state index contributed by atoms with van der Waals surface area (Å²) >= 11 is 4.63. The van der Waals surface area contributed by atoms with E-state index in [1.165, 1.54) is 12.1 Å². The van der Waals surface area contributed by atoms with Gasteiger partial charge < -0.3 is 9.79 Å². The highest BCUT2D eigenvalue weighted by Crippen LogP contribution is 2.60. The van der Waals surface area contributed by atoms with Gasteiger partial charge in [0.1, 0.15) is 0 Å². The summed E-state index contributed by atoms with van der Waals surface area (Å²) in [6.45, 7) is 0. The number of halogens is 3. The van der Waals surface area contributed by atoms with Gasteiger partial charge in [0, 0.05) is 15.4 Å². The zero-order chi connectivity index (χ0) is 20.4. The maximum absolute atomic E-state index is 13.9. The minimum Gasteiger partial charge on any atom is -0.320 e. The summed E-state index contributed by atoms with van der Waals surface area (Å²) in [5, 5.41) is 2.01. The SMILES string of the molecule is O=P(O)(O)C(F)(F)c1ccc(CCCSc2ccc3ccccc3n2)cc1Br. The summed E-state index contributed by atoms with van der Waals surface area (Å²) < 4.78 is 38.7. The highest BCUT2D eigenvalue weighted by atomic mass is 79.9. The monoisotopic (exact) mass is 487 g/mol. The van der Waals surface area contributed by atoms with Gasteiger partial charge in [-0.3, -0.25) is 4.57 Å². The first-order chi connectivity index (χ1) is 13.2. The number of alkyl halides is 2. The normalized spacial score (nSPS) is 12.5. The number of hydrogen-bond acceptors (Lipinski definition) is 3. The van der Waals surface area contributed by atoms with Gasteiger partial charge in [-0.15, -0.1) is 11.8 Å². The fourth-order valence-electron chi connectivity index (χ4n) is 2.70. The minimum absolute atomic E-state index is 0.0119. The number of fused-ring (bicyclic) bond motifs is 1. The summed E-state index contributed by atoms with van der Waals surface area (Å²) in [5.41, 5.74) is -3.18. The first-order valence-corrected chi connectivity index (χ1v) is 11.8. The molecule has 0 atom stereocenters. The zero-order valence-corrected chi connectivity index (χ0v) is 17.9. The molecule has 0 fully saturated rings. The third kappa shape index (κ3) is 4.81. The highest BCUT2D eigenvalue weighted by Gasteiger charge is 2.51. The van der Waals surface area contributed by atoms with Gasteiger partial charge >= 0.3 is 13.3 Å². The van der Waals surface area contributed by atoms with E-state index in [1.54, 1.807) is 11.8 Å². The number of aryl methyl sites for hydroxylation is 1. The molecule has 0 bridgehead atoms. The minimum atomic E-state index is -5.58. The molecular weight excluding hydrogens is 471 g/mol. The van der Waals surface area contributed by atoms with Crippen molar-refractivity contribution in [3.05, 3.63) is 70.2 Å². The molecule has 1 heterocycles. The summed E-state index contributed by atoms with van der Waals surface area (Å²) in [4.78, 5) is 22.3. The van der Waals surface area contributed by atoms with Gasteiger partial charge in [-0.1, -0.05) is 52.3 Å². The quantitative estimate of drug-likeness (QED) is 0.245. The van der Waals surface area contributed by atoms with E-state index in [1.807, 2.05) is 36.4 Å². The van der Waals surface area contributed by atoms with E-state index < -0.39 is 18.8 Å². The molecule has 2 N–H and O–H groups in total. The number of hydrogen-bond donors (Lipinski definition) is 2. The smallest absolute Gasteiger partial charge is 0.320 e. The second-order valence-corrected chi connectivity index (χ2v) is 9.81. The number of pyridine rings is 1. The molecule has 9 heteroatoms. The third-order valence-corrected chi connectivity index (χ3v) is 6.80. The van der Waals surface area contributed by atoms with Crippen molar-refractivity contribution in [2.75, 3.05) is 5.75 Å². The average Bonchev–Trinajstić information content (AvgIpc) is 2.64. The van der Waals surface area contributed by atoms with Crippen LogP contribution in [0, 0.1) is 0 Å². The molecular formula is C19H17BrF2NO3PS. The summed E-state index contributed by atoms with van der Waals surface area (Å²) in [5.74, 6) is 0.809. The molecule has 0 aliphatic rings. The summed E-state index contributed by atoms with van der Waals surface area (Å²) in [7, 11) is -5.58. The van der Waals surface area contributed by atoms with Crippen LogP contribution < -0.4 is 0 Å². The molecule has 3 aromatic rings. The van der Waals surface area contributed by atoms with E-state index in [2.05, 4.69) is 20.9 Å². The summed E-state index contributed by atoms with van der Waals surface area (Å²) in [6, 6.07) is 15.9. The van der Waals surface area contributed by atoms with Gasteiger partial charge in [-0.25, -0.2) is 4.98 Å². The third-order valence-electron chi connectivity index (χ3n) is 4.16. The van der Waals surface area contributed by atoms with Crippen LogP contribution in [0.15, 0.2) is 64.1 Å². The van der Waals surface area contributed by atoms with Crippen molar-refractivity contribution in [3.8, 4) is 0 Å². The summed E-state index contributed by atoms with van der Waals surface area (Å²) in [6.07, 6.45) is 1.46. The van der Waals surface area contributed by atoms with Crippen molar-refractivity contribution in [3.63, 3.8) is 0 Å². The Bertz CT molecular complexity index is 1040. The van der Waals surface area contributed by atoms with Crippen LogP contribution >= 0.6 is 35.3 Å². The zero-order valence-electron chi connectivity index (χ0n) is 14.6. The standard InChI is InChI=1S/C19H17BrF2NO3PS/c20-16-12-13(7-9-15(16)19(21,22)27(24,25)26)4-3-11-28-18-10-8-14-5-1-2-6-17(14)23-18/h1-2,5-10,12H,3-4,11H2,(H2,24,25,26). The van der Waals surface area contributed by atoms with Gasteiger partial charge in [0.05, 0.1) is 10.5 Å². The van der Waals surface area contributed by atoms with Crippen LogP contribution in [0.25, 0.3) is 10.9 Å². The Morgan fingerprint density at radius 2 is 1.86 bits per heavy atom. The molecule has 0 amide bonds. The van der Waals surface area contributed by atoms with Crippen LogP contribution in [-0.2, 0) is 16.6 Å². The molecule has 0 radical (unpaired) electrons. The molecule has 0 saturated heterocycles. The lowest BCUT2D eigenvalue weighted by atomic mass is 10.1. The fourth-order valence-corrected chi connectivity index (χ4v) is 4.86. The number of thioether (sulfide) groups is 1. The Hall–Kier alpha value is -1.31. The molecule has 148 valence electrons. The van der Waals surface area contributed by atoms with Gasteiger partial charge in [-0.2, -0.15) is 8.78 Å². The highest BCUT2D eigenvalue weighted by molar-refractivity contribution is 9.10. The van der Waals surface area contributed by atoms with Crippen molar-refractivity contribution in [2.45, 2.75) is 23.5 Å². The maximum atomic E-state index is 13.9. The molecule has 0 aliphatic carbocycles. The second kappa shape index (κ2) is 8.59. The number of aromatic nitrogens is 1. The van der Waals surface area contributed by atoms with Crippen LogP contribution in [0.1, 0.15) is 17.5 Å². The Labute approximate surface area is 173 Å². The van der Waals surface area contributed by atoms with E-state index >= 15 is 0 Å². The molecule has 4 nitrogen and oxygen atoms in total.